The zero-order valence-electron chi connectivity index (χ0n) is 10.8. The Morgan fingerprint density at radius 2 is 1.67 bits per heavy atom. The second-order valence-electron chi connectivity index (χ2n) is 4.33. The van der Waals surface area contributed by atoms with E-state index in [1.807, 2.05) is 32.9 Å². The molecule has 0 fully saturated rings. The topological polar surface area (TPSA) is 0 Å². The van der Waals surface area contributed by atoms with Crippen LogP contribution in [0.1, 0.15) is 44.4 Å². The Morgan fingerprint density at radius 3 is 2.07 bits per heavy atom. The predicted octanol–water partition coefficient (Wildman–Crippen LogP) is 4.62. The predicted molar refractivity (Wildman–Crippen MR) is 66.2 cm³/mol. The second-order valence-corrected chi connectivity index (χ2v) is 4.33. The molecule has 0 aromatic heterocycles. The van der Waals surface area contributed by atoms with Gasteiger partial charge in [0.15, 0.2) is 0 Å². The highest BCUT2D eigenvalue weighted by atomic mass is 19.1. The van der Waals surface area contributed by atoms with Gasteiger partial charge in [0, 0.05) is 6.42 Å². The minimum absolute atomic E-state index is 0.499. The van der Waals surface area contributed by atoms with Gasteiger partial charge in [0.1, 0.15) is 5.67 Å². The Morgan fingerprint density at radius 1 is 1.13 bits per heavy atom. The molecule has 0 bridgehead atoms. The van der Waals surface area contributed by atoms with Crippen LogP contribution in [0.15, 0.2) is 18.2 Å². The van der Waals surface area contributed by atoms with E-state index in [9.17, 15) is 4.39 Å². The Labute approximate surface area is 93.5 Å². The van der Waals surface area contributed by atoms with Gasteiger partial charge >= 0.3 is 0 Å². The summed E-state index contributed by atoms with van der Waals surface area (Å²) in [7, 11) is 0. The third-order valence-corrected chi connectivity index (χ3v) is 2.11. The fourth-order valence-electron chi connectivity index (χ4n) is 1.50. The molecule has 1 aromatic rings. The Balaban J connectivity index is 0.000000921. The van der Waals surface area contributed by atoms with E-state index in [2.05, 4.69) is 13.0 Å². The summed E-state index contributed by atoms with van der Waals surface area (Å²) in [6, 6.07) is 6.15. The first kappa shape index (κ1) is 14.2. The Kier molecular flexibility index (Phi) is 5.56. The van der Waals surface area contributed by atoms with Crippen molar-refractivity contribution in [2.45, 2.75) is 53.6 Å². The van der Waals surface area contributed by atoms with Gasteiger partial charge in [0.05, 0.1) is 0 Å². The lowest BCUT2D eigenvalue weighted by molar-refractivity contribution is 0.217. The van der Waals surface area contributed by atoms with E-state index >= 15 is 0 Å². The van der Waals surface area contributed by atoms with Crippen molar-refractivity contribution >= 4 is 0 Å². The molecule has 1 rings (SSSR count). The van der Waals surface area contributed by atoms with Crippen LogP contribution in [0.3, 0.4) is 0 Å². The molecule has 86 valence electrons. The van der Waals surface area contributed by atoms with Gasteiger partial charge in [-0.15, -0.1) is 0 Å². The number of aryl methyl sites for hydroxylation is 2. The third-order valence-electron chi connectivity index (χ3n) is 2.11. The summed E-state index contributed by atoms with van der Waals surface area (Å²) in [4.78, 5) is 0. The average Bonchev–Trinajstić information content (AvgIpc) is 2.12. The van der Waals surface area contributed by atoms with Gasteiger partial charge in [-0.1, -0.05) is 37.6 Å². The van der Waals surface area contributed by atoms with Crippen LogP contribution in [-0.2, 0) is 6.42 Å². The molecule has 0 saturated heterocycles. The van der Waals surface area contributed by atoms with E-state index in [0.29, 0.717) is 6.42 Å². The molecule has 0 spiro atoms. The molecule has 0 heterocycles. The van der Waals surface area contributed by atoms with E-state index < -0.39 is 5.67 Å². The summed E-state index contributed by atoms with van der Waals surface area (Å²) < 4.78 is 13.4. The number of halogens is 1. The highest BCUT2D eigenvalue weighted by molar-refractivity contribution is 5.31. The van der Waals surface area contributed by atoms with Gasteiger partial charge in [0.25, 0.3) is 0 Å². The molecule has 0 nitrogen and oxygen atoms in total. The van der Waals surface area contributed by atoms with Crippen molar-refractivity contribution < 1.29 is 4.39 Å². The van der Waals surface area contributed by atoms with Crippen molar-refractivity contribution in [2.24, 2.45) is 0 Å². The summed E-state index contributed by atoms with van der Waals surface area (Å²) >= 11 is 0. The summed E-state index contributed by atoms with van der Waals surface area (Å²) in [5.74, 6) is 0. The Bertz CT molecular complexity index is 295. The molecule has 0 aliphatic carbocycles. The molecule has 0 unspecified atom stereocenters. The van der Waals surface area contributed by atoms with E-state index in [-0.39, 0.29) is 0 Å². The van der Waals surface area contributed by atoms with Gasteiger partial charge in [-0.3, -0.25) is 0 Å². The maximum absolute atomic E-state index is 13.4. The highest BCUT2D eigenvalue weighted by Gasteiger charge is 2.16. The maximum atomic E-state index is 13.4. The molecule has 0 aliphatic rings. The van der Waals surface area contributed by atoms with Crippen LogP contribution in [0.5, 0.6) is 0 Å². The van der Waals surface area contributed by atoms with E-state index in [1.165, 1.54) is 11.1 Å². The summed E-state index contributed by atoms with van der Waals surface area (Å²) in [5, 5.41) is 0. The van der Waals surface area contributed by atoms with Crippen LogP contribution < -0.4 is 0 Å². The largest absolute Gasteiger partial charge is 0.244 e. The van der Waals surface area contributed by atoms with Gasteiger partial charge in [0.2, 0.25) is 0 Å². The number of rotatable bonds is 2. The molecule has 0 aliphatic heterocycles. The van der Waals surface area contributed by atoms with Crippen molar-refractivity contribution in [3.63, 3.8) is 0 Å². The first-order valence-corrected chi connectivity index (χ1v) is 5.63. The van der Waals surface area contributed by atoms with Gasteiger partial charge < -0.3 is 0 Å². The number of alkyl halides is 1. The lowest BCUT2D eigenvalue weighted by Gasteiger charge is -2.15. The fraction of sp³-hybridized carbons (Fsp3) is 0.571. The van der Waals surface area contributed by atoms with Crippen LogP contribution in [0, 0.1) is 13.8 Å². The molecular weight excluding hydrogens is 187 g/mol. The van der Waals surface area contributed by atoms with Crippen LogP contribution >= 0.6 is 0 Å². The molecule has 0 saturated carbocycles. The molecule has 0 atom stereocenters. The smallest absolute Gasteiger partial charge is 0.109 e. The number of hydrogen-bond donors (Lipinski definition) is 0. The highest BCUT2D eigenvalue weighted by Crippen LogP contribution is 2.20. The lowest BCUT2D eigenvalue weighted by Crippen LogP contribution is -2.16. The monoisotopic (exact) mass is 210 g/mol. The summed E-state index contributed by atoms with van der Waals surface area (Å²) in [5.41, 5.74) is 2.42. The van der Waals surface area contributed by atoms with Crippen molar-refractivity contribution in [1.82, 2.24) is 0 Å². The third kappa shape index (κ3) is 5.56. The van der Waals surface area contributed by atoms with Crippen molar-refractivity contribution in [2.75, 3.05) is 0 Å². The van der Waals surface area contributed by atoms with E-state index in [0.717, 1.165) is 5.56 Å². The first-order valence-electron chi connectivity index (χ1n) is 5.63. The minimum atomic E-state index is -1.11. The molecular formula is C14H23F. The summed E-state index contributed by atoms with van der Waals surface area (Å²) in [6.45, 7) is 11.3. The van der Waals surface area contributed by atoms with Crippen LogP contribution in [0.4, 0.5) is 4.39 Å². The molecule has 0 N–H and O–H groups in total. The normalized spacial score (nSPS) is 10.6. The Hall–Kier alpha value is -0.850. The van der Waals surface area contributed by atoms with Crippen molar-refractivity contribution in [1.29, 1.82) is 0 Å². The SMILES string of the molecule is CC.Cc1ccc(CC(C)(C)F)c(C)c1. The number of hydrogen-bond acceptors (Lipinski definition) is 0. The molecule has 0 radical (unpaired) electrons. The lowest BCUT2D eigenvalue weighted by atomic mass is 9.95. The van der Waals surface area contributed by atoms with Crippen LogP contribution in [-0.4, -0.2) is 5.67 Å². The maximum Gasteiger partial charge on any atom is 0.109 e. The number of benzene rings is 1. The van der Waals surface area contributed by atoms with Gasteiger partial charge in [-0.25, -0.2) is 4.39 Å². The van der Waals surface area contributed by atoms with Crippen molar-refractivity contribution in [3.05, 3.63) is 34.9 Å². The zero-order chi connectivity index (χ0) is 12.1. The van der Waals surface area contributed by atoms with Gasteiger partial charge in [-0.05, 0) is 38.8 Å². The minimum Gasteiger partial charge on any atom is -0.244 e. The summed E-state index contributed by atoms with van der Waals surface area (Å²) in [6.07, 6.45) is 0.499. The standard InChI is InChI=1S/C12H17F.C2H6/c1-9-5-6-11(10(2)7-9)8-12(3,4)13;1-2/h5-7H,8H2,1-4H3;1-2H3. The fourth-order valence-corrected chi connectivity index (χ4v) is 1.50. The van der Waals surface area contributed by atoms with Crippen molar-refractivity contribution in [3.8, 4) is 0 Å². The molecule has 15 heavy (non-hydrogen) atoms. The quantitative estimate of drug-likeness (QED) is 0.668. The van der Waals surface area contributed by atoms with Crippen LogP contribution in [0.25, 0.3) is 0 Å². The second kappa shape index (κ2) is 5.89. The molecule has 1 heteroatoms. The van der Waals surface area contributed by atoms with Gasteiger partial charge in [-0.2, -0.15) is 0 Å². The van der Waals surface area contributed by atoms with E-state index in [1.54, 1.807) is 13.8 Å². The van der Waals surface area contributed by atoms with E-state index in [4.69, 9.17) is 0 Å². The molecule has 0 amide bonds. The van der Waals surface area contributed by atoms with Crippen LogP contribution in [0.2, 0.25) is 0 Å². The average molecular weight is 210 g/mol. The first-order chi connectivity index (χ1) is 6.88. The molecule has 1 aromatic carbocycles. The zero-order valence-corrected chi connectivity index (χ0v) is 10.8.